The largest absolute Gasteiger partial charge is 0.321 e. The summed E-state index contributed by atoms with van der Waals surface area (Å²) in [7, 11) is 0. The number of amides is 1. The molecule has 2 aromatic heterocycles. The first-order chi connectivity index (χ1) is 14.1. The number of benzene rings is 2. The van der Waals surface area contributed by atoms with Gasteiger partial charge in [0, 0.05) is 22.3 Å². The van der Waals surface area contributed by atoms with Crippen LogP contribution in [0.2, 0.25) is 5.02 Å². The van der Waals surface area contributed by atoms with Gasteiger partial charge in [-0.2, -0.15) is 0 Å². The number of para-hydroxylation sites is 1. The highest BCUT2D eigenvalue weighted by Crippen LogP contribution is 2.28. The molecule has 4 aromatic rings. The van der Waals surface area contributed by atoms with E-state index in [9.17, 15) is 4.79 Å². The van der Waals surface area contributed by atoms with E-state index in [-0.39, 0.29) is 5.91 Å². The third kappa shape index (κ3) is 3.84. The van der Waals surface area contributed by atoms with E-state index in [0.717, 1.165) is 23.2 Å². The fraction of sp³-hybridized carbons (Fsp3) is 0.125. The van der Waals surface area contributed by atoms with Crippen LogP contribution in [0.15, 0.2) is 66.9 Å². The fourth-order valence-corrected chi connectivity index (χ4v) is 3.59. The molecule has 0 aliphatic carbocycles. The second kappa shape index (κ2) is 8.02. The van der Waals surface area contributed by atoms with Gasteiger partial charge in [-0.05, 0) is 60.9 Å². The summed E-state index contributed by atoms with van der Waals surface area (Å²) in [4.78, 5) is 22.4. The lowest BCUT2D eigenvalue weighted by molar-refractivity contribution is 0.102. The Balaban J connectivity index is 1.86. The third-order valence-electron chi connectivity index (χ3n) is 4.92. The van der Waals surface area contributed by atoms with E-state index in [1.54, 1.807) is 24.4 Å². The predicted octanol–water partition coefficient (Wildman–Crippen LogP) is 6.07. The van der Waals surface area contributed by atoms with Crippen molar-refractivity contribution in [2.24, 2.45) is 0 Å². The van der Waals surface area contributed by atoms with Crippen molar-refractivity contribution in [3.63, 3.8) is 0 Å². The van der Waals surface area contributed by atoms with Gasteiger partial charge in [0.25, 0.3) is 5.91 Å². The van der Waals surface area contributed by atoms with E-state index in [1.165, 1.54) is 0 Å². The highest BCUT2D eigenvalue weighted by atomic mass is 35.5. The lowest BCUT2D eigenvalue weighted by atomic mass is 10.0. The van der Waals surface area contributed by atoms with Gasteiger partial charge in [-0.3, -0.25) is 9.78 Å². The Morgan fingerprint density at radius 3 is 2.66 bits per heavy atom. The van der Waals surface area contributed by atoms with Crippen LogP contribution in [0.3, 0.4) is 0 Å². The van der Waals surface area contributed by atoms with Crippen LogP contribution in [0.4, 0.5) is 5.69 Å². The van der Waals surface area contributed by atoms with Crippen LogP contribution >= 0.6 is 11.6 Å². The number of carbonyl (C=O) groups is 1. The van der Waals surface area contributed by atoms with Gasteiger partial charge in [-0.15, -0.1) is 0 Å². The van der Waals surface area contributed by atoms with Crippen molar-refractivity contribution in [3.05, 3.63) is 88.6 Å². The molecule has 1 amide bonds. The van der Waals surface area contributed by atoms with Crippen LogP contribution < -0.4 is 5.32 Å². The molecular formula is C24H20ClN3O. The molecule has 2 aromatic carbocycles. The number of carbonyl (C=O) groups excluding carboxylic acids is 1. The lowest BCUT2D eigenvalue weighted by Gasteiger charge is -2.15. The number of halogens is 1. The van der Waals surface area contributed by atoms with Gasteiger partial charge >= 0.3 is 0 Å². The first-order valence-corrected chi connectivity index (χ1v) is 9.86. The Morgan fingerprint density at radius 2 is 1.90 bits per heavy atom. The van der Waals surface area contributed by atoms with Crippen LogP contribution in [-0.2, 0) is 6.42 Å². The molecule has 0 saturated carbocycles. The minimum Gasteiger partial charge on any atom is -0.321 e. The summed E-state index contributed by atoms with van der Waals surface area (Å²) in [6.45, 7) is 4.07. The maximum absolute atomic E-state index is 13.3. The summed E-state index contributed by atoms with van der Waals surface area (Å²) in [5.41, 5.74) is 5.55. The SMILES string of the molecule is CCc1cccc(C)c1NC(=O)c1cc(-c2ccccn2)nc2ccc(Cl)cc12. The standard InChI is InChI=1S/C24H20ClN3O/c1-3-16-8-6-7-15(2)23(16)28-24(29)19-14-22(21-9-4-5-12-26-21)27-20-11-10-17(25)13-18(19)20/h4-14H,3H2,1-2H3,(H,28,29). The molecule has 0 saturated heterocycles. The highest BCUT2D eigenvalue weighted by Gasteiger charge is 2.17. The molecule has 0 unspecified atom stereocenters. The summed E-state index contributed by atoms with van der Waals surface area (Å²) < 4.78 is 0. The lowest BCUT2D eigenvalue weighted by Crippen LogP contribution is -2.15. The third-order valence-corrected chi connectivity index (χ3v) is 5.16. The van der Waals surface area contributed by atoms with Crippen molar-refractivity contribution in [3.8, 4) is 11.4 Å². The molecule has 29 heavy (non-hydrogen) atoms. The van der Waals surface area contributed by atoms with E-state index in [0.29, 0.717) is 32.9 Å². The molecular weight excluding hydrogens is 382 g/mol. The summed E-state index contributed by atoms with van der Waals surface area (Å²) in [6, 6.07) is 18.8. The predicted molar refractivity (Wildman–Crippen MR) is 118 cm³/mol. The van der Waals surface area contributed by atoms with E-state index in [1.807, 2.05) is 49.4 Å². The number of fused-ring (bicyclic) bond motifs is 1. The van der Waals surface area contributed by atoms with E-state index < -0.39 is 0 Å². The van der Waals surface area contributed by atoms with Crippen molar-refractivity contribution in [2.45, 2.75) is 20.3 Å². The first kappa shape index (κ1) is 19.1. The Bertz CT molecular complexity index is 1210. The minimum absolute atomic E-state index is 0.194. The van der Waals surface area contributed by atoms with Crippen LogP contribution in [0.1, 0.15) is 28.4 Å². The summed E-state index contributed by atoms with van der Waals surface area (Å²) in [5.74, 6) is -0.194. The van der Waals surface area contributed by atoms with Gasteiger partial charge in [0.05, 0.1) is 22.5 Å². The zero-order valence-corrected chi connectivity index (χ0v) is 17.0. The normalized spacial score (nSPS) is 10.9. The van der Waals surface area contributed by atoms with E-state index >= 15 is 0 Å². The van der Waals surface area contributed by atoms with Gasteiger partial charge in [0.1, 0.15) is 0 Å². The molecule has 0 aliphatic rings. The monoisotopic (exact) mass is 401 g/mol. The average Bonchev–Trinajstić information content (AvgIpc) is 2.75. The Labute approximate surface area is 174 Å². The number of hydrogen-bond acceptors (Lipinski definition) is 3. The number of anilines is 1. The second-order valence-electron chi connectivity index (χ2n) is 6.85. The number of aromatic nitrogens is 2. The van der Waals surface area contributed by atoms with Gasteiger partial charge in [0.2, 0.25) is 0 Å². The quantitative estimate of drug-likeness (QED) is 0.451. The van der Waals surface area contributed by atoms with Crippen molar-refractivity contribution < 1.29 is 4.79 Å². The maximum Gasteiger partial charge on any atom is 0.256 e. The topological polar surface area (TPSA) is 54.9 Å². The van der Waals surface area contributed by atoms with Gasteiger partial charge in [-0.1, -0.05) is 42.8 Å². The number of rotatable bonds is 4. The molecule has 5 heteroatoms. The van der Waals surface area contributed by atoms with Crippen molar-refractivity contribution >= 4 is 34.1 Å². The number of hydrogen-bond donors (Lipinski definition) is 1. The van der Waals surface area contributed by atoms with E-state index in [4.69, 9.17) is 11.6 Å². The average molecular weight is 402 g/mol. The van der Waals surface area contributed by atoms with Gasteiger partial charge < -0.3 is 5.32 Å². The zero-order chi connectivity index (χ0) is 20.4. The maximum atomic E-state index is 13.3. The molecule has 0 spiro atoms. The minimum atomic E-state index is -0.194. The number of pyridine rings is 2. The number of nitrogens with one attached hydrogen (secondary N) is 1. The molecule has 4 rings (SSSR count). The molecule has 4 nitrogen and oxygen atoms in total. The molecule has 0 radical (unpaired) electrons. The Hall–Kier alpha value is -3.24. The second-order valence-corrected chi connectivity index (χ2v) is 7.28. The van der Waals surface area contributed by atoms with Crippen molar-refractivity contribution in [1.29, 1.82) is 0 Å². The Kier molecular flexibility index (Phi) is 5.28. The fourth-order valence-electron chi connectivity index (χ4n) is 3.41. The first-order valence-electron chi connectivity index (χ1n) is 9.48. The van der Waals surface area contributed by atoms with Crippen LogP contribution in [0, 0.1) is 6.92 Å². The summed E-state index contributed by atoms with van der Waals surface area (Å²) in [5, 5.41) is 4.37. The Morgan fingerprint density at radius 1 is 1.03 bits per heavy atom. The van der Waals surface area contributed by atoms with Crippen LogP contribution in [0.25, 0.3) is 22.3 Å². The van der Waals surface area contributed by atoms with Crippen molar-refractivity contribution in [1.82, 2.24) is 9.97 Å². The molecule has 0 fully saturated rings. The summed E-state index contributed by atoms with van der Waals surface area (Å²) >= 11 is 6.21. The number of nitrogens with zero attached hydrogens (tertiary/aromatic N) is 2. The zero-order valence-electron chi connectivity index (χ0n) is 16.2. The van der Waals surface area contributed by atoms with Crippen molar-refractivity contribution in [2.75, 3.05) is 5.32 Å². The smallest absolute Gasteiger partial charge is 0.256 e. The van der Waals surface area contributed by atoms with Gasteiger partial charge in [0.15, 0.2) is 0 Å². The molecule has 144 valence electrons. The summed E-state index contributed by atoms with van der Waals surface area (Å²) in [6.07, 6.45) is 2.54. The molecule has 0 atom stereocenters. The van der Waals surface area contributed by atoms with E-state index in [2.05, 4.69) is 22.2 Å². The van der Waals surface area contributed by atoms with Crippen LogP contribution in [-0.4, -0.2) is 15.9 Å². The molecule has 1 N–H and O–H groups in total. The molecule has 0 aliphatic heterocycles. The molecule has 0 bridgehead atoms. The highest BCUT2D eigenvalue weighted by molar-refractivity contribution is 6.31. The van der Waals surface area contributed by atoms with Crippen LogP contribution in [0.5, 0.6) is 0 Å². The number of aryl methyl sites for hydroxylation is 2. The molecule has 2 heterocycles. The van der Waals surface area contributed by atoms with Gasteiger partial charge in [-0.25, -0.2) is 4.98 Å².